The molecular formula is C13H22N2O2. The third-order valence-electron chi connectivity index (χ3n) is 4.51. The van der Waals surface area contributed by atoms with Crippen LogP contribution in [0.4, 0.5) is 0 Å². The highest BCUT2D eigenvalue weighted by Gasteiger charge is 2.37. The highest BCUT2D eigenvalue weighted by Crippen LogP contribution is 2.27. The van der Waals surface area contributed by atoms with Crippen LogP contribution in [-0.2, 0) is 9.53 Å². The van der Waals surface area contributed by atoms with Gasteiger partial charge in [0.05, 0.1) is 6.61 Å². The average Bonchev–Trinajstić information content (AvgIpc) is 2.99. The second kappa shape index (κ2) is 4.94. The number of cyclic esters (lactones) is 1. The Kier molecular flexibility index (Phi) is 3.34. The van der Waals surface area contributed by atoms with Gasteiger partial charge >= 0.3 is 5.97 Å². The van der Waals surface area contributed by atoms with Gasteiger partial charge in [-0.2, -0.15) is 0 Å². The first-order valence-corrected chi connectivity index (χ1v) is 6.98. The molecule has 4 nitrogen and oxygen atoms in total. The van der Waals surface area contributed by atoms with Crippen molar-refractivity contribution in [3.63, 3.8) is 0 Å². The summed E-state index contributed by atoms with van der Waals surface area (Å²) in [4.78, 5) is 14.0. The number of piperidine rings is 1. The van der Waals surface area contributed by atoms with Crippen LogP contribution in [0, 0.1) is 5.92 Å². The van der Waals surface area contributed by atoms with Crippen molar-refractivity contribution in [2.45, 2.75) is 44.2 Å². The summed E-state index contributed by atoms with van der Waals surface area (Å²) in [5.74, 6) is 0.740. The molecule has 3 unspecified atom stereocenters. The van der Waals surface area contributed by atoms with Crippen LogP contribution in [0.15, 0.2) is 0 Å². The number of nitrogens with one attached hydrogen (secondary N) is 1. The lowest BCUT2D eigenvalue weighted by Crippen LogP contribution is -2.48. The molecule has 0 saturated carbocycles. The molecule has 0 bridgehead atoms. The van der Waals surface area contributed by atoms with E-state index in [1.165, 1.54) is 32.2 Å². The van der Waals surface area contributed by atoms with E-state index in [1.54, 1.807) is 0 Å². The summed E-state index contributed by atoms with van der Waals surface area (Å²) in [7, 11) is 0. The maximum absolute atomic E-state index is 11.6. The fourth-order valence-electron chi connectivity index (χ4n) is 3.58. The van der Waals surface area contributed by atoms with Crippen molar-refractivity contribution in [1.82, 2.24) is 10.2 Å². The molecule has 0 spiro atoms. The maximum Gasteiger partial charge on any atom is 0.323 e. The van der Waals surface area contributed by atoms with Gasteiger partial charge in [-0.1, -0.05) is 0 Å². The summed E-state index contributed by atoms with van der Waals surface area (Å²) in [5.41, 5.74) is 0. The van der Waals surface area contributed by atoms with Crippen molar-refractivity contribution in [1.29, 1.82) is 0 Å². The van der Waals surface area contributed by atoms with Gasteiger partial charge in [-0.05, 0) is 44.7 Å². The van der Waals surface area contributed by atoms with Gasteiger partial charge < -0.3 is 10.1 Å². The largest absolute Gasteiger partial charge is 0.464 e. The fourth-order valence-corrected chi connectivity index (χ4v) is 3.58. The Bertz CT molecular complexity index is 289. The number of carbonyl (C=O) groups is 1. The van der Waals surface area contributed by atoms with E-state index in [9.17, 15) is 4.79 Å². The molecule has 17 heavy (non-hydrogen) atoms. The Morgan fingerprint density at radius 2 is 2.18 bits per heavy atom. The van der Waals surface area contributed by atoms with E-state index in [0.717, 1.165) is 25.4 Å². The van der Waals surface area contributed by atoms with E-state index in [-0.39, 0.29) is 12.0 Å². The van der Waals surface area contributed by atoms with Crippen molar-refractivity contribution >= 4 is 5.97 Å². The Morgan fingerprint density at radius 1 is 1.24 bits per heavy atom. The molecule has 4 heteroatoms. The van der Waals surface area contributed by atoms with E-state index in [4.69, 9.17) is 4.74 Å². The zero-order chi connectivity index (χ0) is 11.7. The van der Waals surface area contributed by atoms with E-state index in [0.29, 0.717) is 12.6 Å². The van der Waals surface area contributed by atoms with Crippen molar-refractivity contribution in [2.75, 3.05) is 26.2 Å². The van der Waals surface area contributed by atoms with Crippen molar-refractivity contribution in [3.05, 3.63) is 0 Å². The Labute approximate surface area is 103 Å². The van der Waals surface area contributed by atoms with Crippen LogP contribution in [0.25, 0.3) is 0 Å². The van der Waals surface area contributed by atoms with Gasteiger partial charge in [-0.3, -0.25) is 9.69 Å². The Hall–Kier alpha value is -0.610. The van der Waals surface area contributed by atoms with Crippen LogP contribution in [0.1, 0.15) is 32.1 Å². The van der Waals surface area contributed by atoms with Crippen LogP contribution >= 0.6 is 0 Å². The Balaban J connectivity index is 1.60. The van der Waals surface area contributed by atoms with Gasteiger partial charge in [0, 0.05) is 19.0 Å². The normalized spacial score (nSPS) is 39.5. The molecule has 1 N–H and O–H groups in total. The number of likely N-dealkylation sites (tertiary alicyclic amines) is 1. The zero-order valence-electron chi connectivity index (χ0n) is 10.4. The summed E-state index contributed by atoms with van der Waals surface area (Å²) in [5, 5.41) is 3.61. The summed E-state index contributed by atoms with van der Waals surface area (Å²) >= 11 is 0. The molecule has 3 heterocycles. The molecule has 0 aliphatic carbocycles. The fraction of sp³-hybridized carbons (Fsp3) is 0.923. The standard InChI is InChI=1S/C13H22N2O2/c16-13-12(5-8-17-13)15-7-2-3-10(9-15)11-4-1-6-14-11/h10-12,14H,1-9H2. The first kappa shape index (κ1) is 11.5. The number of ether oxygens (including phenoxy) is 1. The lowest BCUT2D eigenvalue weighted by molar-refractivity contribution is -0.142. The molecule has 3 aliphatic rings. The molecule has 0 radical (unpaired) electrons. The van der Waals surface area contributed by atoms with E-state index in [2.05, 4.69) is 10.2 Å². The summed E-state index contributed by atoms with van der Waals surface area (Å²) in [6.45, 7) is 3.94. The van der Waals surface area contributed by atoms with Crippen molar-refractivity contribution < 1.29 is 9.53 Å². The monoisotopic (exact) mass is 238 g/mol. The number of carbonyl (C=O) groups excluding carboxylic acids is 1. The molecule has 3 saturated heterocycles. The molecule has 96 valence electrons. The number of esters is 1. The predicted molar refractivity (Wildman–Crippen MR) is 64.7 cm³/mol. The van der Waals surface area contributed by atoms with Crippen molar-refractivity contribution in [2.24, 2.45) is 5.92 Å². The van der Waals surface area contributed by atoms with Gasteiger partial charge in [0.15, 0.2) is 0 Å². The van der Waals surface area contributed by atoms with Gasteiger partial charge in [0.2, 0.25) is 0 Å². The number of rotatable bonds is 2. The van der Waals surface area contributed by atoms with Crippen LogP contribution < -0.4 is 5.32 Å². The van der Waals surface area contributed by atoms with Gasteiger partial charge in [-0.25, -0.2) is 0 Å². The zero-order valence-corrected chi connectivity index (χ0v) is 10.4. The van der Waals surface area contributed by atoms with E-state index < -0.39 is 0 Å². The summed E-state index contributed by atoms with van der Waals surface area (Å²) < 4.78 is 5.08. The third kappa shape index (κ3) is 2.33. The quantitative estimate of drug-likeness (QED) is 0.721. The number of hydrogen-bond donors (Lipinski definition) is 1. The minimum Gasteiger partial charge on any atom is -0.464 e. The van der Waals surface area contributed by atoms with Crippen LogP contribution in [0.5, 0.6) is 0 Å². The minimum absolute atomic E-state index is 0.00466. The molecule has 3 atom stereocenters. The second-order valence-electron chi connectivity index (χ2n) is 5.57. The van der Waals surface area contributed by atoms with E-state index in [1.807, 2.05) is 0 Å². The molecule has 0 aromatic rings. The van der Waals surface area contributed by atoms with Crippen molar-refractivity contribution in [3.8, 4) is 0 Å². The SMILES string of the molecule is O=C1OCCC1N1CCCC(C2CCCN2)C1. The minimum atomic E-state index is 0.00466. The highest BCUT2D eigenvalue weighted by atomic mass is 16.5. The van der Waals surface area contributed by atoms with Gasteiger partial charge in [0.25, 0.3) is 0 Å². The predicted octanol–water partition coefficient (Wildman–Crippen LogP) is 0.766. The number of nitrogens with zero attached hydrogens (tertiary/aromatic N) is 1. The first-order valence-electron chi connectivity index (χ1n) is 6.98. The average molecular weight is 238 g/mol. The second-order valence-corrected chi connectivity index (χ2v) is 5.57. The topological polar surface area (TPSA) is 41.6 Å². The highest BCUT2D eigenvalue weighted by molar-refractivity contribution is 5.77. The van der Waals surface area contributed by atoms with Crippen LogP contribution in [-0.4, -0.2) is 49.2 Å². The van der Waals surface area contributed by atoms with Crippen LogP contribution in [0.3, 0.4) is 0 Å². The lowest BCUT2D eigenvalue weighted by atomic mass is 9.89. The molecule has 3 fully saturated rings. The summed E-state index contributed by atoms with van der Waals surface area (Å²) in [6, 6.07) is 0.745. The lowest BCUT2D eigenvalue weighted by Gasteiger charge is -2.37. The molecule has 3 rings (SSSR count). The van der Waals surface area contributed by atoms with Gasteiger partial charge in [-0.15, -0.1) is 0 Å². The molecule has 0 aromatic carbocycles. The maximum atomic E-state index is 11.6. The third-order valence-corrected chi connectivity index (χ3v) is 4.51. The van der Waals surface area contributed by atoms with E-state index >= 15 is 0 Å². The molecule has 3 aliphatic heterocycles. The van der Waals surface area contributed by atoms with Crippen LogP contribution in [0.2, 0.25) is 0 Å². The molecule has 0 amide bonds. The first-order chi connectivity index (χ1) is 8.34. The Morgan fingerprint density at radius 3 is 2.88 bits per heavy atom. The smallest absolute Gasteiger partial charge is 0.323 e. The molecular weight excluding hydrogens is 216 g/mol. The number of hydrogen-bond acceptors (Lipinski definition) is 4. The molecule has 0 aromatic heterocycles. The summed E-state index contributed by atoms with van der Waals surface area (Å²) in [6.07, 6.45) is 6.06. The van der Waals surface area contributed by atoms with Gasteiger partial charge in [0.1, 0.15) is 6.04 Å².